The third-order valence-electron chi connectivity index (χ3n) is 3.27. The van der Waals surface area contributed by atoms with Gasteiger partial charge in [0.15, 0.2) is 0 Å². The number of nitrogens with one attached hydrogen (secondary N) is 1. The maximum atomic E-state index is 12.6. The minimum Gasteiger partial charge on any atom is -0.433 e. The molecule has 0 saturated carbocycles. The van der Waals surface area contributed by atoms with E-state index in [1.165, 1.54) is 18.2 Å². The number of aryl methyl sites for hydroxylation is 3. The fraction of sp³-hybridized carbons (Fsp3) is 0.250. The molecule has 0 atom stereocenters. The summed E-state index contributed by atoms with van der Waals surface area (Å²) in [5, 5.41) is -0.118. The molecule has 1 N–H and O–H groups in total. The third kappa shape index (κ3) is 4.15. The Bertz CT molecular complexity index is 847. The molecule has 0 heterocycles. The summed E-state index contributed by atoms with van der Waals surface area (Å²) in [5.74, 6) is -0.225. The zero-order valence-corrected chi connectivity index (χ0v) is 14.8. The average molecular weight is 376 g/mol. The van der Waals surface area contributed by atoms with E-state index in [4.69, 9.17) is 11.6 Å². The lowest BCUT2D eigenvalue weighted by Gasteiger charge is -2.15. The summed E-state index contributed by atoms with van der Waals surface area (Å²) in [6.07, 6.45) is 0. The second-order valence-corrected chi connectivity index (χ2v) is 7.38. The van der Waals surface area contributed by atoms with E-state index < -0.39 is 16.6 Å². The minimum atomic E-state index is -3.84. The van der Waals surface area contributed by atoms with Gasteiger partial charge in [-0.25, -0.2) is 8.42 Å². The molecule has 0 aliphatic rings. The third-order valence-corrected chi connectivity index (χ3v) is 5.25. The first-order chi connectivity index (χ1) is 11.1. The Hall–Kier alpha value is -1.86. The molecule has 0 bridgehead atoms. The average Bonchev–Trinajstić information content (AvgIpc) is 2.39. The van der Waals surface area contributed by atoms with E-state index in [-0.39, 0.29) is 21.4 Å². The molecule has 0 amide bonds. The zero-order chi connectivity index (χ0) is 18.1. The van der Waals surface area contributed by atoms with Crippen LogP contribution in [0.2, 0.25) is 5.02 Å². The molecule has 0 radical (unpaired) electrons. The van der Waals surface area contributed by atoms with Crippen molar-refractivity contribution in [3.8, 4) is 5.75 Å². The molecule has 4 nitrogen and oxygen atoms in total. The van der Waals surface area contributed by atoms with Gasteiger partial charge in [0.1, 0.15) is 5.75 Å². The van der Waals surface area contributed by atoms with Crippen molar-refractivity contribution in [1.29, 1.82) is 0 Å². The van der Waals surface area contributed by atoms with Gasteiger partial charge < -0.3 is 4.74 Å². The maximum Gasteiger partial charge on any atom is 0.387 e. The van der Waals surface area contributed by atoms with Crippen molar-refractivity contribution >= 4 is 27.3 Å². The highest BCUT2D eigenvalue weighted by Crippen LogP contribution is 2.31. The van der Waals surface area contributed by atoms with Gasteiger partial charge in [0, 0.05) is 0 Å². The van der Waals surface area contributed by atoms with Gasteiger partial charge in [-0.15, -0.1) is 0 Å². The van der Waals surface area contributed by atoms with Crippen molar-refractivity contribution in [1.82, 2.24) is 0 Å². The summed E-state index contributed by atoms with van der Waals surface area (Å²) in [4.78, 5) is 0.178. The van der Waals surface area contributed by atoms with Crippen LogP contribution in [0.4, 0.5) is 14.5 Å². The highest BCUT2D eigenvalue weighted by molar-refractivity contribution is 7.92. The van der Waals surface area contributed by atoms with Gasteiger partial charge in [-0.05, 0) is 50.1 Å². The number of benzene rings is 2. The van der Waals surface area contributed by atoms with Crippen molar-refractivity contribution < 1.29 is 21.9 Å². The molecule has 0 aromatic heterocycles. The Kier molecular flexibility index (Phi) is 5.35. The molecule has 0 aliphatic heterocycles. The Balaban J connectivity index is 2.35. The molecule has 0 saturated heterocycles. The van der Waals surface area contributed by atoms with Crippen LogP contribution >= 0.6 is 11.6 Å². The van der Waals surface area contributed by atoms with Crippen molar-refractivity contribution in [2.75, 3.05) is 4.72 Å². The van der Waals surface area contributed by atoms with Gasteiger partial charge in [-0.1, -0.05) is 29.3 Å². The second kappa shape index (κ2) is 6.94. The highest BCUT2D eigenvalue weighted by Gasteiger charge is 2.20. The standard InChI is InChI=1S/C16H16ClF2NO3S/c1-9-6-10(2)15(11(3)7-9)24(21,22)20-12-4-5-14(13(17)8-12)23-16(18)19/h4-8,16,20H,1-3H3. The monoisotopic (exact) mass is 375 g/mol. The van der Waals surface area contributed by atoms with Gasteiger partial charge in [0.25, 0.3) is 10.0 Å². The maximum absolute atomic E-state index is 12.6. The van der Waals surface area contributed by atoms with Crippen molar-refractivity contribution in [2.45, 2.75) is 32.3 Å². The predicted octanol–water partition coefficient (Wildman–Crippen LogP) is 4.67. The zero-order valence-electron chi connectivity index (χ0n) is 13.2. The fourth-order valence-corrected chi connectivity index (χ4v) is 4.28. The van der Waals surface area contributed by atoms with Crippen LogP contribution in [0.5, 0.6) is 5.75 Å². The number of halogens is 3. The second-order valence-electron chi connectivity index (χ2n) is 5.36. The first-order valence-corrected chi connectivity index (χ1v) is 8.81. The number of hydrogen-bond acceptors (Lipinski definition) is 3. The van der Waals surface area contributed by atoms with E-state index in [1.54, 1.807) is 26.0 Å². The number of sulfonamides is 1. The molecule has 0 spiro atoms. The van der Waals surface area contributed by atoms with Crippen LogP contribution in [0.25, 0.3) is 0 Å². The van der Waals surface area contributed by atoms with E-state index >= 15 is 0 Å². The quantitative estimate of drug-likeness (QED) is 0.826. The number of ether oxygens (including phenoxy) is 1. The van der Waals surface area contributed by atoms with E-state index in [0.717, 1.165) is 5.56 Å². The summed E-state index contributed by atoms with van der Waals surface area (Å²) in [6.45, 7) is 2.29. The van der Waals surface area contributed by atoms with Crippen molar-refractivity contribution in [3.05, 3.63) is 52.0 Å². The van der Waals surface area contributed by atoms with Crippen molar-refractivity contribution in [2.24, 2.45) is 0 Å². The summed E-state index contributed by atoms with van der Waals surface area (Å²) < 4.78 is 56.3. The van der Waals surface area contributed by atoms with Crippen LogP contribution < -0.4 is 9.46 Å². The molecular weight excluding hydrogens is 360 g/mol. The van der Waals surface area contributed by atoms with Crippen molar-refractivity contribution in [3.63, 3.8) is 0 Å². The van der Waals surface area contributed by atoms with E-state index in [0.29, 0.717) is 11.1 Å². The number of alkyl halides is 2. The van der Waals surface area contributed by atoms with Gasteiger partial charge in [0.05, 0.1) is 15.6 Å². The topological polar surface area (TPSA) is 55.4 Å². The molecule has 130 valence electrons. The normalized spacial score (nSPS) is 11.6. The molecular formula is C16H16ClF2NO3S. The summed E-state index contributed by atoms with van der Waals surface area (Å²) in [5.41, 5.74) is 2.34. The fourth-order valence-electron chi connectivity index (χ4n) is 2.55. The van der Waals surface area contributed by atoms with Crippen LogP contribution in [0.1, 0.15) is 16.7 Å². The molecule has 8 heteroatoms. The van der Waals surface area contributed by atoms with Gasteiger partial charge >= 0.3 is 6.61 Å². The number of hydrogen-bond donors (Lipinski definition) is 1. The predicted molar refractivity (Wildman–Crippen MR) is 89.5 cm³/mol. The lowest BCUT2D eigenvalue weighted by Crippen LogP contribution is -2.16. The molecule has 2 rings (SSSR count). The summed E-state index contributed by atoms with van der Waals surface area (Å²) in [6, 6.07) is 7.25. The minimum absolute atomic E-state index is 0.118. The first kappa shape index (κ1) is 18.5. The lowest BCUT2D eigenvalue weighted by atomic mass is 10.1. The van der Waals surface area contributed by atoms with Gasteiger partial charge in [-0.3, -0.25) is 4.72 Å². The Labute approximate surface area is 144 Å². The Morgan fingerprint density at radius 2 is 1.67 bits per heavy atom. The van der Waals surface area contributed by atoms with Crippen LogP contribution in [0.3, 0.4) is 0 Å². The molecule has 0 fully saturated rings. The van der Waals surface area contributed by atoms with E-state index in [2.05, 4.69) is 9.46 Å². The summed E-state index contributed by atoms with van der Waals surface area (Å²) >= 11 is 5.84. The van der Waals surface area contributed by atoms with Gasteiger partial charge in [-0.2, -0.15) is 8.78 Å². The Morgan fingerprint density at radius 3 is 2.17 bits per heavy atom. The molecule has 0 unspecified atom stereocenters. The van der Waals surface area contributed by atoms with Crippen LogP contribution in [-0.2, 0) is 10.0 Å². The Morgan fingerprint density at radius 1 is 1.08 bits per heavy atom. The largest absolute Gasteiger partial charge is 0.433 e. The van der Waals surface area contributed by atoms with E-state index in [9.17, 15) is 17.2 Å². The number of rotatable bonds is 5. The highest BCUT2D eigenvalue weighted by atomic mass is 35.5. The van der Waals surface area contributed by atoms with E-state index in [1.807, 2.05) is 6.92 Å². The number of anilines is 1. The molecule has 24 heavy (non-hydrogen) atoms. The molecule has 2 aromatic rings. The SMILES string of the molecule is Cc1cc(C)c(S(=O)(=O)Nc2ccc(OC(F)F)c(Cl)c2)c(C)c1. The summed E-state index contributed by atoms with van der Waals surface area (Å²) in [7, 11) is -3.84. The van der Waals surface area contributed by atoms with Crippen LogP contribution in [0.15, 0.2) is 35.2 Å². The smallest absolute Gasteiger partial charge is 0.387 e. The van der Waals surface area contributed by atoms with Crippen LogP contribution in [0, 0.1) is 20.8 Å². The van der Waals surface area contributed by atoms with Crippen LogP contribution in [-0.4, -0.2) is 15.0 Å². The first-order valence-electron chi connectivity index (χ1n) is 6.95. The lowest BCUT2D eigenvalue weighted by molar-refractivity contribution is -0.0497. The van der Waals surface area contributed by atoms with Gasteiger partial charge in [0.2, 0.25) is 0 Å². The molecule has 0 aliphatic carbocycles. The molecule has 2 aromatic carbocycles.